The van der Waals surface area contributed by atoms with E-state index >= 15 is 0 Å². The maximum Gasteiger partial charge on any atom is 0.239 e. The second kappa shape index (κ2) is 6.68. The second-order valence-corrected chi connectivity index (χ2v) is 8.85. The molecule has 2 N–H and O–H groups in total. The molecule has 0 radical (unpaired) electrons. The topological polar surface area (TPSA) is 102 Å². The Labute approximate surface area is 189 Å². The highest BCUT2D eigenvalue weighted by Gasteiger charge is 2.70. The third-order valence-corrected chi connectivity index (χ3v) is 7.55. The van der Waals surface area contributed by atoms with E-state index in [0.717, 1.165) is 27.2 Å². The lowest BCUT2D eigenvalue weighted by Gasteiger charge is -2.52. The number of nitrogens with zero attached hydrogens (tertiary/aromatic N) is 1. The molecule has 0 aromatic heterocycles. The lowest BCUT2D eigenvalue weighted by atomic mass is 9.46. The van der Waals surface area contributed by atoms with Crippen molar-refractivity contribution < 1.29 is 24.8 Å². The molecule has 7 nitrogen and oxygen atoms in total. The molecule has 4 aliphatic rings. The van der Waals surface area contributed by atoms with Crippen molar-refractivity contribution in [3.8, 4) is 0 Å². The number of anilines is 1. The van der Waals surface area contributed by atoms with Crippen LogP contribution in [0.15, 0.2) is 72.8 Å². The van der Waals surface area contributed by atoms with Gasteiger partial charge in [0, 0.05) is 12.0 Å². The number of rotatable bonds is 3. The minimum atomic E-state index is -1.30. The van der Waals surface area contributed by atoms with Crippen molar-refractivity contribution in [3.05, 3.63) is 100 Å². The van der Waals surface area contributed by atoms with E-state index in [9.17, 15) is 24.8 Å². The van der Waals surface area contributed by atoms with Crippen LogP contribution in [0.5, 0.6) is 0 Å². The number of quaternary nitrogens is 1. The SMILES string of the molecule is CC(=O)C12c3ccccc3C(c3ccccc31)C1C(=O)N(c3ccccc3[NH+]([O-])O)C(=O)C12. The molecular formula is C26H20N2O5. The third kappa shape index (κ3) is 2.26. The normalized spacial score (nSPS) is 27.7. The first-order chi connectivity index (χ1) is 15.9. The van der Waals surface area contributed by atoms with Crippen LogP contribution in [0, 0.1) is 17.0 Å². The number of ketones is 1. The Morgan fingerprint density at radius 1 is 0.909 bits per heavy atom. The van der Waals surface area contributed by atoms with Crippen LogP contribution in [-0.2, 0) is 19.8 Å². The first kappa shape index (κ1) is 20.0. The van der Waals surface area contributed by atoms with Crippen LogP contribution >= 0.6 is 0 Å². The Hall–Kier alpha value is -3.65. The molecule has 3 unspecified atom stereocenters. The highest BCUT2D eigenvalue weighted by atomic mass is 16.8. The summed E-state index contributed by atoms with van der Waals surface area (Å²) in [4.78, 5) is 42.4. The number of carbonyl (C=O) groups is 3. The lowest BCUT2D eigenvalue weighted by Crippen LogP contribution is -2.99. The number of nitrogens with one attached hydrogen (secondary N) is 1. The average Bonchev–Trinajstić information content (AvgIpc) is 3.09. The van der Waals surface area contributed by atoms with E-state index in [1.54, 1.807) is 12.1 Å². The number of carbonyl (C=O) groups excluding carboxylic acids is 3. The van der Waals surface area contributed by atoms with Crippen molar-refractivity contribution in [1.82, 2.24) is 0 Å². The largest absolute Gasteiger partial charge is 0.595 e. The molecule has 7 rings (SSSR count). The van der Waals surface area contributed by atoms with Gasteiger partial charge in [-0.25, -0.2) is 10.1 Å². The molecule has 3 aromatic rings. The maximum atomic E-state index is 14.0. The first-order valence-corrected chi connectivity index (χ1v) is 10.8. The maximum absolute atomic E-state index is 14.0. The van der Waals surface area contributed by atoms with Crippen molar-refractivity contribution in [2.24, 2.45) is 11.8 Å². The summed E-state index contributed by atoms with van der Waals surface area (Å²) in [6.45, 7) is 1.47. The second-order valence-electron chi connectivity index (χ2n) is 8.85. The Balaban J connectivity index is 1.66. The van der Waals surface area contributed by atoms with Gasteiger partial charge >= 0.3 is 0 Å². The Morgan fingerprint density at radius 3 is 2.03 bits per heavy atom. The van der Waals surface area contributed by atoms with Crippen LogP contribution in [0.3, 0.4) is 0 Å². The van der Waals surface area contributed by atoms with E-state index in [2.05, 4.69) is 0 Å². The van der Waals surface area contributed by atoms with Gasteiger partial charge in [-0.2, -0.15) is 5.23 Å². The molecule has 3 aliphatic carbocycles. The Bertz CT molecular complexity index is 1320. The average molecular weight is 440 g/mol. The van der Waals surface area contributed by atoms with Crippen LogP contribution in [0.25, 0.3) is 0 Å². The summed E-state index contributed by atoms with van der Waals surface area (Å²) in [5.74, 6) is -3.29. The van der Waals surface area contributed by atoms with Crippen LogP contribution in [0.2, 0.25) is 0 Å². The number of benzene rings is 3. The van der Waals surface area contributed by atoms with Crippen LogP contribution in [0.4, 0.5) is 11.4 Å². The predicted molar refractivity (Wildman–Crippen MR) is 118 cm³/mol. The molecule has 7 heteroatoms. The molecule has 2 bridgehead atoms. The van der Waals surface area contributed by atoms with Gasteiger partial charge in [0.25, 0.3) is 0 Å². The van der Waals surface area contributed by atoms with Gasteiger partial charge in [-0.15, -0.1) is 0 Å². The van der Waals surface area contributed by atoms with Gasteiger partial charge in [0.05, 0.1) is 17.3 Å². The van der Waals surface area contributed by atoms with Crippen molar-refractivity contribution >= 4 is 29.0 Å². The molecule has 1 saturated heterocycles. The van der Waals surface area contributed by atoms with Crippen LogP contribution in [-0.4, -0.2) is 22.8 Å². The number of hydrogen-bond donors (Lipinski definition) is 2. The Morgan fingerprint density at radius 2 is 1.45 bits per heavy atom. The van der Waals surface area contributed by atoms with E-state index in [1.165, 1.54) is 19.1 Å². The van der Waals surface area contributed by atoms with Gasteiger partial charge in [0.1, 0.15) is 11.5 Å². The number of para-hydroxylation sites is 2. The summed E-state index contributed by atoms with van der Waals surface area (Å²) in [5, 5.41) is 20.3. The first-order valence-electron chi connectivity index (χ1n) is 10.8. The van der Waals surface area contributed by atoms with Gasteiger partial charge < -0.3 is 5.21 Å². The fourth-order valence-electron chi connectivity index (χ4n) is 6.46. The molecule has 0 spiro atoms. The minimum Gasteiger partial charge on any atom is -0.595 e. The molecule has 0 saturated carbocycles. The van der Waals surface area contributed by atoms with E-state index < -0.39 is 34.3 Å². The molecule has 33 heavy (non-hydrogen) atoms. The van der Waals surface area contributed by atoms with Crippen LogP contribution < -0.4 is 10.1 Å². The molecule has 1 aliphatic heterocycles. The summed E-state index contributed by atoms with van der Waals surface area (Å²) < 4.78 is 0. The molecule has 3 aromatic carbocycles. The predicted octanol–water partition coefficient (Wildman–Crippen LogP) is 2.23. The van der Waals surface area contributed by atoms with Gasteiger partial charge in [-0.05, 0) is 35.2 Å². The third-order valence-electron chi connectivity index (χ3n) is 7.55. The molecule has 3 atom stereocenters. The summed E-state index contributed by atoms with van der Waals surface area (Å²) in [6.07, 6.45) is 0. The zero-order chi connectivity index (χ0) is 23.1. The molecule has 164 valence electrons. The fourth-order valence-corrected chi connectivity index (χ4v) is 6.46. The summed E-state index contributed by atoms with van der Waals surface area (Å²) in [7, 11) is 0. The van der Waals surface area contributed by atoms with Crippen molar-refractivity contribution in [2.75, 3.05) is 4.90 Å². The molecule has 1 heterocycles. The van der Waals surface area contributed by atoms with Gasteiger partial charge in [0.2, 0.25) is 11.8 Å². The quantitative estimate of drug-likeness (QED) is 0.480. The van der Waals surface area contributed by atoms with Crippen molar-refractivity contribution in [3.63, 3.8) is 0 Å². The fraction of sp³-hybridized carbons (Fsp3) is 0.192. The van der Waals surface area contributed by atoms with Gasteiger partial charge in [-0.1, -0.05) is 60.7 Å². The molecule has 1 fully saturated rings. The highest BCUT2D eigenvalue weighted by molar-refractivity contribution is 6.26. The van der Waals surface area contributed by atoms with Gasteiger partial charge in [-0.3, -0.25) is 14.4 Å². The summed E-state index contributed by atoms with van der Waals surface area (Å²) in [6, 6.07) is 21.1. The monoisotopic (exact) mass is 440 g/mol. The number of hydrogen-bond acceptors (Lipinski definition) is 5. The van der Waals surface area contributed by atoms with E-state index in [-0.39, 0.29) is 23.1 Å². The summed E-state index contributed by atoms with van der Waals surface area (Å²) in [5.41, 5.74) is 1.89. The zero-order valence-electron chi connectivity index (χ0n) is 17.7. The van der Waals surface area contributed by atoms with Crippen molar-refractivity contribution in [1.29, 1.82) is 0 Å². The van der Waals surface area contributed by atoms with E-state index in [0.29, 0.717) is 0 Å². The van der Waals surface area contributed by atoms with E-state index in [1.807, 2.05) is 48.5 Å². The highest BCUT2D eigenvalue weighted by Crippen LogP contribution is 2.64. The smallest absolute Gasteiger partial charge is 0.239 e. The summed E-state index contributed by atoms with van der Waals surface area (Å²) >= 11 is 0. The van der Waals surface area contributed by atoms with Crippen LogP contribution in [0.1, 0.15) is 35.1 Å². The number of imide groups is 1. The molecule has 2 amide bonds. The minimum absolute atomic E-state index is 0.0422. The lowest BCUT2D eigenvalue weighted by molar-refractivity contribution is -0.990. The number of amides is 2. The van der Waals surface area contributed by atoms with E-state index in [4.69, 9.17) is 0 Å². The molecular weight excluding hydrogens is 420 g/mol. The van der Waals surface area contributed by atoms with Gasteiger partial charge in [0.15, 0.2) is 5.69 Å². The standard InChI is InChI=1S/C26H20N2O5/c1-14(29)26-17-10-4-2-8-15(17)21(16-9-3-5-11-18(16)26)22-23(26)25(31)27(24(22)30)19-12-6-7-13-20(19)28(32)33/h2-13,21-23,28,32H,1H3. The zero-order valence-corrected chi connectivity index (χ0v) is 17.7. The Kier molecular flexibility index (Phi) is 4.05. The van der Waals surface area contributed by atoms with Crippen molar-refractivity contribution in [2.45, 2.75) is 18.3 Å². The number of Topliss-reactive ketones (excluding diaryl/α,β-unsaturated/α-hetero) is 1.